The molecule has 0 amide bonds. The molecule has 5 nitrogen and oxygen atoms in total. The Labute approximate surface area is 125 Å². The van der Waals surface area contributed by atoms with Crippen LogP contribution in [0.3, 0.4) is 0 Å². The maximum Gasteiger partial charge on any atom is 0.188 e. The van der Waals surface area contributed by atoms with E-state index >= 15 is 0 Å². The Morgan fingerprint density at radius 1 is 1.33 bits per heavy atom. The Bertz CT molecular complexity index is 225. The van der Waals surface area contributed by atoms with Gasteiger partial charge in [0.1, 0.15) is 0 Å². The molecule has 0 aromatic rings. The van der Waals surface area contributed by atoms with Gasteiger partial charge in [-0.05, 0) is 19.4 Å². The number of rotatable bonds is 7. The lowest BCUT2D eigenvalue weighted by Crippen LogP contribution is -2.39. The molecule has 1 rings (SSSR count). The minimum atomic E-state index is -0.339. The molecule has 0 aliphatic carbocycles. The predicted octanol–water partition coefficient (Wildman–Crippen LogP) is 0.591. The third kappa shape index (κ3) is 8.87. The van der Waals surface area contributed by atoms with Crippen LogP contribution in [0.1, 0.15) is 12.8 Å². The summed E-state index contributed by atoms with van der Waals surface area (Å²) in [4.78, 5) is 6.38. The van der Waals surface area contributed by atoms with E-state index in [2.05, 4.69) is 15.2 Å². The highest BCUT2D eigenvalue weighted by Crippen LogP contribution is 1.97. The molecule has 0 atom stereocenters. The van der Waals surface area contributed by atoms with Crippen LogP contribution in [-0.4, -0.2) is 63.5 Å². The van der Waals surface area contributed by atoms with Crippen LogP contribution >= 0.6 is 24.0 Å². The zero-order valence-corrected chi connectivity index (χ0v) is 13.1. The average Bonchev–Trinajstić information content (AvgIpc) is 2.36. The molecular formula is C11H24FIN4O. The molecule has 7 heteroatoms. The third-order valence-electron chi connectivity index (χ3n) is 2.63. The normalized spacial score (nSPS) is 17.3. The van der Waals surface area contributed by atoms with Gasteiger partial charge in [-0.25, -0.2) is 0 Å². The van der Waals surface area contributed by atoms with Gasteiger partial charge in [0.2, 0.25) is 0 Å². The summed E-state index contributed by atoms with van der Waals surface area (Å²) in [5.41, 5.74) is 5.62. The molecule has 3 N–H and O–H groups in total. The Balaban J connectivity index is 0.00000289. The van der Waals surface area contributed by atoms with E-state index in [1.807, 2.05) is 0 Å². The molecule has 1 fully saturated rings. The number of ether oxygens (including phenoxy) is 1. The van der Waals surface area contributed by atoms with E-state index in [9.17, 15) is 4.39 Å². The van der Waals surface area contributed by atoms with Crippen LogP contribution in [-0.2, 0) is 4.74 Å². The number of morpholine rings is 1. The summed E-state index contributed by atoms with van der Waals surface area (Å²) in [7, 11) is 0. The third-order valence-corrected chi connectivity index (χ3v) is 2.63. The molecule has 0 radical (unpaired) electrons. The van der Waals surface area contributed by atoms with Crippen molar-refractivity contribution in [1.82, 2.24) is 10.2 Å². The van der Waals surface area contributed by atoms with Crippen molar-refractivity contribution in [2.24, 2.45) is 10.7 Å². The fourth-order valence-electron chi connectivity index (χ4n) is 1.66. The monoisotopic (exact) mass is 374 g/mol. The first-order chi connectivity index (χ1) is 8.33. The molecule has 0 spiro atoms. The van der Waals surface area contributed by atoms with Gasteiger partial charge in [0, 0.05) is 26.2 Å². The van der Waals surface area contributed by atoms with Crippen LogP contribution in [0.2, 0.25) is 0 Å². The van der Waals surface area contributed by atoms with Crippen LogP contribution in [0, 0.1) is 0 Å². The van der Waals surface area contributed by atoms with Crippen LogP contribution in [0.5, 0.6) is 0 Å². The lowest BCUT2D eigenvalue weighted by atomic mass is 10.3. The number of aliphatic imine (C=N–C) groups is 1. The number of nitrogens with one attached hydrogen (secondary N) is 1. The number of nitrogens with zero attached hydrogens (tertiary/aromatic N) is 2. The summed E-state index contributed by atoms with van der Waals surface area (Å²) in [5, 5.41) is 3.03. The zero-order chi connectivity index (χ0) is 12.3. The highest BCUT2D eigenvalue weighted by molar-refractivity contribution is 14.0. The molecule has 1 saturated heterocycles. The Morgan fingerprint density at radius 3 is 2.72 bits per heavy atom. The summed E-state index contributed by atoms with van der Waals surface area (Å²) in [6, 6.07) is 0. The SMILES string of the molecule is I.NC(=NCCCF)NCCCN1CCOCC1. The number of nitrogens with two attached hydrogens (primary N) is 1. The summed E-state index contributed by atoms with van der Waals surface area (Å²) in [5.74, 6) is 0.417. The van der Waals surface area contributed by atoms with Gasteiger partial charge in [-0.15, -0.1) is 24.0 Å². The largest absolute Gasteiger partial charge is 0.379 e. The van der Waals surface area contributed by atoms with Crippen molar-refractivity contribution in [2.45, 2.75) is 12.8 Å². The fraction of sp³-hybridized carbons (Fsp3) is 0.909. The second kappa shape index (κ2) is 11.9. The maximum atomic E-state index is 11.8. The van der Waals surface area contributed by atoms with Crippen molar-refractivity contribution in [3.63, 3.8) is 0 Å². The van der Waals surface area contributed by atoms with Crippen molar-refractivity contribution in [3.8, 4) is 0 Å². The first-order valence-electron chi connectivity index (χ1n) is 6.23. The topological polar surface area (TPSA) is 62.9 Å². The van der Waals surface area contributed by atoms with Crippen LogP contribution < -0.4 is 11.1 Å². The summed E-state index contributed by atoms with van der Waals surface area (Å²) < 4.78 is 17.1. The number of halogens is 2. The minimum absolute atomic E-state index is 0. The molecule has 108 valence electrons. The molecule has 0 aromatic carbocycles. The van der Waals surface area contributed by atoms with Crippen LogP contribution in [0.25, 0.3) is 0 Å². The van der Waals surface area contributed by atoms with E-state index in [-0.39, 0.29) is 30.7 Å². The predicted molar refractivity (Wildman–Crippen MR) is 82.4 cm³/mol. The number of alkyl halides is 1. The molecule has 1 aliphatic heterocycles. The molecule has 0 unspecified atom stereocenters. The molecule has 1 aliphatic rings. The van der Waals surface area contributed by atoms with E-state index in [0.29, 0.717) is 18.9 Å². The first-order valence-corrected chi connectivity index (χ1v) is 6.23. The van der Waals surface area contributed by atoms with Gasteiger partial charge in [0.25, 0.3) is 0 Å². The van der Waals surface area contributed by atoms with E-state index in [4.69, 9.17) is 10.5 Å². The molecule has 18 heavy (non-hydrogen) atoms. The first kappa shape index (κ1) is 17.8. The van der Waals surface area contributed by atoms with Crippen LogP contribution in [0.15, 0.2) is 4.99 Å². The summed E-state index contributed by atoms with van der Waals surface area (Å²) in [6.07, 6.45) is 1.47. The van der Waals surface area contributed by atoms with Crippen molar-refractivity contribution in [2.75, 3.05) is 52.6 Å². The summed E-state index contributed by atoms with van der Waals surface area (Å²) >= 11 is 0. The highest BCUT2D eigenvalue weighted by atomic mass is 127. The molecular weight excluding hydrogens is 350 g/mol. The van der Waals surface area contributed by atoms with E-state index in [0.717, 1.165) is 45.8 Å². The molecule has 1 heterocycles. The minimum Gasteiger partial charge on any atom is -0.379 e. The second-order valence-corrected chi connectivity index (χ2v) is 4.04. The van der Waals surface area contributed by atoms with Gasteiger partial charge in [0.05, 0.1) is 19.9 Å². The van der Waals surface area contributed by atoms with Gasteiger partial charge in [-0.3, -0.25) is 14.3 Å². The lowest BCUT2D eigenvalue weighted by Gasteiger charge is -2.26. The Kier molecular flexibility index (Phi) is 11.8. The molecule has 0 aromatic heterocycles. The highest BCUT2D eigenvalue weighted by Gasteiger charge is 2.08. The quantitative estimate of drug-likeness (QED) is 0.296. The van der Waals surface area contributed by atoms with Gasteiger partial charge < -0.3 is 15.8 Å². The van der Waals surface area contributed by atoms with Crippen LogP contribution in [0.4, 0.5) is 4.39 Å². The van der Waals surface area contributed by atoms with Crippen molar-refractivity contribution in [3.05, 3.63) is 0 Å². The standard InChI is InChI=1S/C11H23FN4O.HI/c12-3-1-4-14-11(13)15-5-2-6-16-7-9-17-10-8-16;/h1-10H2,(H3,13,14,15);1H. The van der Waals surface area contributed by atoms with Crippen molar-refractivity contribution < 1.29 is 9.13 Å². The van der Waals surface area contributed by atoms with E-state index in [1.54, 1.807) is 0 Å². The fourth-order valence-corrected chi connectivity index (χ4v) is 1.66. The lowest BCUT2D eigenvalue weighted by molar-refractivity contribution is 0.0376. The Morgan fingerprint density at radius 2 is 2.06 bits per heavy atom. The number of hydrogen-bond acceptors (Lipinski definition) is 3. The van der Waals surface area contributed by atoms with E-state index < -0.39 is 0 Å². The zero-order valence-electron chi connectivity index (χ0n) is 10.7. The van der Waals surface area contributed by atoms with E-state index in [1.165, 1.54) is 0 Å². The number of guanidine groups is 1. The average molecular weight is 374 g/mol. The maximum absolute atomic E-state index is 11.8. The smallest absolute Gasteiger partial charge is 0.188 e. The Hall–Kier alpha value is -0.150. The van der Waals surface area contributed by atoms with Gasteiger partial charge >= 0.3 is 0 Å². The molecule has 0 bridgehead atoms. The van der Waals surface area contributed by atoms with Crippen molar-refractivity contribution in [1.29, 1.82) is 0 Å². The summed E-state index contributed by atoms with van der Waals surface area (Å²) in [6.45, 7) is 5.67. The van der Waals surface area contributed by atoms with Gasteiger partial charge in [0.15, 0.2) is 5.96 Å². The van der Waals surface area contributed by atoms with Gasteiger partial charge in [-0.2, -0.15) is 0 Å². The second-order valence-electron chi connectivity index (χ2n) is 4.04. The van der Waals surface area contributed by atoms with Gasteiger partial charge in [-0.1, -0.05) is 0 Å². The van der Waals surface area contributed by atoms with Crippen molar-refractivity contribution >= 4 is 29.9 Å². The number of hydrogen-bond donors (Lipinski definition) is 2. The molecule has 0 saturated carbocycles.